The van der Waals surface area contributed by atoms with Crippen LogP contribution in [0, 0.1) is 19.8 Å². The maximum absolute atomic E-state index is 12.5. The first kappa shape index (κ1) is 15.5. The highest BCUT2D eigenvalue weighted by atomic mass is 16.2. The van der Waals surface area contributed by atoms with Crippen molar-refractivity contribution < 1.29 is 4.79 Å². The molecule has 2 N–H and O–H groups in total. The number of hydrogen-bond donors (Lipinski definition) is 2. The molecule has 0 saturated carbocycles. The summed E-state index contributed by atoms with van der Waals surface area (Å²) in [5.41, 5.74) is 4.76. The van der Waals surface area contributed by atoms with E-state index in [0.717, 1.165) is 47.3 Å². The lowest BCUT2D eigenvalue weighted by Gasteiger charge is -2.21. The number of rotatable bonds is 2. The fraction of sp³-hybridized carbons (Fsp3) is 0.368. The molecule has 4 nitrogen and oxygen atoms in total. The monoisotopic (exact) mass is 310 g/mol. The maximum Gasteiger partial charge on any atom is 0.261 e. The Balaban J connectivity index is 1.92. The van der Waals surface area contributed by atoms with Gasteiger partial charge in [0.2, 0.25) is 0 Å². The first-order valence-corrected chi connectivity index (χ1v) is 8.07. The summed E-state index contributed by atoms with van der Waals surface area (Å²) in [6.45, 7) is 6.11. The molecule has 1 aromatic carbocycles. The molecule has 0 saturated heterocycles. The van der Waals surface area contributed by atoms with Crippen molar-refractivity contribution in [2.45, 2.75) is 40.0 Å². The van der Waals surface area contributed by atoms with Crippen LogP contribution in [0.15, 0.2) is 29.1 Å². The van der Waals surface area contributed by atoms with Gasteiger partial charge in [-0.2, -0.15) is 0 Å². The van der Waals surface area contributed by atoms with Gasteiger partial charge in [0.1, 0.15) is 5.56 Å². The zero-order chi connectivity index (χ0) is 16.6. The van der Waals surface area contributed by atoms with Crippen LogP contribution in [0.3, 0.4) is 0 Å². The highest BCUT2D eigenvalue weighted by molar-refractivity contribution is 6.04. The molecule has 1 aliphatic carbocycles. The van der Waals surface area contributed by atoms with Gasteiger partial charge < -0.3 is 10.3 Å². The Morgan fingerprint density at radius 1 is 1.26 bits per heavy atom. The quantitative estimate of drug-likeness (QED) is 0.893. The molecule has 23 heavy (non-hydrogen) atoms. The van der Waals surface area contributed by atoms with Gasteiger partial charge in [0, 0.05) is 11.4 Å². The van der Waals surface area contributed by atoms with Crippen molar-refractivity contribution in [2.75, 3.05) is 5.32 Å². The van der Waals surface area contributed by atoms with Crippen LogP contribution in [0.25, 0.3) is 0 Å². The van der Waals surface area contributed by atoms with Crippen molar-refractivity contribution >= 4 is 11.6 Å². The molecule has 2 aromatic rings. The van der Waals surface area contributed by atoms with Gasteiger partial charge in [-0.1, -0.05) is 19.1 Å². The standard InChI is InChI=1S/C19H22N2O2/c1-11-5-7-16-14(8-11)10-15(18(22)20-16)19(23)21-17-9-12(2)4-6-13(17)3/h4,6,9-11H,5,7-8H2,1-3H3,(H,20,22)(H,21,23). The van der Waals surface area contributed by atoms with Gasteiger partial charge in [-0.05, 0) is 67.9 Å². The maximum atomic E-state index is 12.5. The highest BCUT2D eigenvalue weighted by Crippen LogP contribution is 2.24. The summed E-state index contributed by atoms with van der Waals surface area (Å²) >= 11 is 0. The number of amides is 1. The number of aryl methyl sites for hydroxylation is 3. The van der Waals surface area contributed by atoms with Crippen LogP contribution in [0.2, 0.25) is 0 Å². The number of benzene rings is 1. The molecule has 1 heterocycles. The van der Waals surface area contributed by atoms with Gasteiger partial charge >= 0.3 is 0 Å². The number of fused-ring (bicyclic) bond motifs is 1. The third-order valence-electron chi connectivity index (χ3n) is 4.56. The zero-order valence-corrected chi connectivity index (χ0v) is 13.8. The van der Waals surface area contributed by atoms with E-state index in [4.69, 9.17) is 0 Å². The van der Waals surface area contributed by atoms with E-state index >= 15 is 0 Å². The predicted octanol–water partition coefficient (Wildman–Crippen LogP) is 3.37. The second-order valence-corrected chi connectivity index (χ2v) is 6.64. The minimum absolute atomic E-state index is 0.193. The van der Waals surface area contributed by atoms with Crippen LogP contribution < -0.4 is 10.9 Å². The molecule has 1 aliphatic rings. The number of carbonyl (C=O) groups is 1. The molecule has 0 spiro atoms. The van der Waals surface area contributed by atoms with Crippen molar-refractivity contribution in [3.63, 3.8) is 0 Å². The number of aromatic nitrogens is 1. The Labute approximate surface area is 135 Å². The smallest absolute Gasteiger partial charge is 0.261 e. The van der Waals surface area contributed by atoms with Gasteiger partial charge in [-0.25, -0.2) is 0 Å². The number of pyridine rings is 1. The fourth-order valence-corrected chi connectivity index (χ4v) is 3.11. The lowest BCUT2D eigenvalue weighted by molar-refractivity contribution is 0.102. The van der Waals surface area contributed by atoms with E-state index in [-0.39, 0.29) is 17.0 Å². The number of carbonyl (C=O) groups excluding carboxylic acids is 1. The molecular weight excluding hydrogens is 288 g/mol. The van der Waals surface area contributed by atoms with Gasteiger partial charge in [0.15, 0.2) is 0 Å². The summed E-state index contributed by atoms with van der Waals surface area (Å²) in [5.74, 6) is 0.240. The average Bonchev–Trinajstić information content (AvgIpc) is 2.50. The van der Waals surface area contributed by atoms with Crippen molar-refractivity contribution in [2.24, 2.45) is 5.92 Å². The Bertz CT molecular complexity index is 821. The van der Waals surface area contributed by atoms with Crippen molar-refractivity contribution in [1.82, 2.24) is 4.98 Å². The molecule has 120 valence electrons. The Morgan fingerprint density at radius 3 is 2.83 bits per heavy atom. The lowest BCUT2D eigenvalue weighted by Crippen LogP contribution is -2.27. The van der Waals surface area contributed by atoms with E-state index in [1.54, 1.807) is 6.07 Å². The summed E-state index contributed by atoms with van der Waals surface area (Å²) in [6, 6.07) is 7.65. The average molecular weight is 310 g/mol. The van der Waals surface area contributed by atoms with E-state index in [0.29, 0.717) is 5.92 Å². The van der Waals surface area contributed by atoms with Gasteiger partial charge in [0.05, 0.1) is 0 Å². The Morgan fingerprint density at radius 2 is 2.04 bits per heavy atom. The number of hydrogen-bond acceptors (Lipinski definition) is 2. The molecule has 4 heteroatoms. The van der Waals surface area contributed by atoms with Crippen LogP contribution in [-0.2, 0) is 12.8 Å². The largest absolute Gasteiger partial charge is 0.325 e. The van der Waals surface area contributed by atoms with Gasteiger partial charge in [0.25, 0.3) is 11.5 Å². The second-order valence-electron chi connectivity index (χ2n) is 6.64. The predicted molar refractivity (Wildman–Crippen MR) is 92.1 cm³/mol. The third kappa shape index (κ3) is 3.21. The van der Waals surface area contributed by atoms with E-state index in [1.807, 2.05) is 32.0 Å². The summed E-state index contributed by atoms with van der Waals surface area (Å²) in [7, 11) is 0. The highest BCUT2D eigenvalue weighted by Gasteiger charge is 2.20. The summed E-state index contributed by atoms with van der Waals surface area (Å²) in [4.78, 5) is 27.7. The van der Waals surface area contributed by atoms with Crippen molar-refractivity contribution in [3.05, 3.63) is 62.6 Å². The van der Waals surface area contributed by atoms with Crippen LogP contribution in [0.4, 0.5) is 5.69 Å². The molecule has 0 aliphatic heterocycles. The molecule has 0 fully saturated rings. The van der Waals surface area contributed by atoms with Crippen LogP contribution in [0.5, 0.6) is 0 Å². The summed E-state index contributed by atoms with van der Waals surface area (Å²) < 4.78 is 0. The summed E-state index contributed by atoms with van der Waals surface area (Å²) in [5, 5.41) is 2.87. The lowest BCUT2D eigenvalue weighted by atomic mass is 9.87. The molecule has 0 bridgehead atoms. The fourth-order valence-electron chi connectivity index (χ4n) is 3.11. The van der Waals surface area contributed by atoms with E-state index < -0.39 is 0 Å². The molecule has 1 aromatic heterocycles. The van der Waals surface area contributed by atoms with Crippen molar-refractivity contribution in [1.29, 1.82) is 0 Å². The first-order chi connectivity index (χ1) is 10.9. The van der Waals surface area contributed by atoms with E-state index in [1.165, 1.54) is 0 Å². The normalized spacial score (nSPS) is 16.7. The topological polar surface area (TPSA) is 62.0 Å². The van der Waals surface area contributed by atoms with Gasteiger partial charge in [-0.15, -0.1) is 0 Å². The van der Waals surface area contributed by atoms with Crippen LogP contribution in [0.1, 0.15) is 46.1 Å². The Kier molecular flexibility index (Phi) is 4.07. The number of aromatic amines is 1. The molecular formula is C19H22N2O2. The minimum Gasteiger partial charge on any atom is -0.325 e. The minimum atomic E-state index is -0.346. The zero-order valence-electron chi connectivity index (χ0n) is 13.8. The number of H-pyrrole nitrogens is 1. The van der Waals surface area contributed by atoms with E-state index in [9.17, 15) is 9.59 Å². The molecule has 1 unspecified atom stereocenters. The first-order valence-electron chi connectivity index (χ1n) is 8.07. The van der Waals surface area contributed by atoms with E-state index in [2.05, 4.69) is 17.2 Å². The number of nitrogens with one attached hydrogen (secondary N) is 2. The second kappa shape index (κ2) is 6.03. The van der Waals surface area contributed by atoms with Crippen LogP contribution >= 0.6 is 0 Å². The molecule has 1 atom stereocenters. The summed E-state index contributed by atoms with van der Waals surface area (Å²) in [6.07, 6.45) is 2.87. The molecule has 0 radical (unpaired) electrons. The number of anilines is 1. The van der Waals surface area contributed by atoms with Crippen molar-refractivity contribution in [3.8, 4) is 0 Å². The molecule has 1 amide bonds. The Hall–Kier alpha value is -2.36. The molecule has 3 rings (SSSR count). The third-order valence-corrected chi connectivity index (χ3v) is 4.56. The van der Waals surface area contributed by atoms with Crippen LogP contribution in [-0.4, -0.2) is 10.9 Å². The van der Waals surface area contributed by atoms with Gasteiger partial charge in [-0.3, -0.25) is 9.59 Å². The SMILES string of the molecule is Cc1ccc(C)c(NC(=O)c2cc3c([nH]c2=O)CCC(C)C3)c1.